The highest BCUT2D eigenvalue weighted by molar-refractivity contribution is 7.94. The molecule has 0 atom stereocenters. The van der Waals surface area contributed by atoms with Crippen molar-refractivity contribution in [3.8, 4) is 0 Å². The molecule has 2 aliphatic rings. The molecule has 0 fully saturated rings. The Morgan fingerprint density at radius 3 is 2.36 bits per heavy atom. The van der Waals surface area contributed by atoms with Crippen LogP contribution >= 0.6 is 12.0 Å². The van der Waals surface area contributed by atoms with Crippen molar-refractivity contribution in [2.75, 3.05) is 18.0 Å². The van der Waals surface area contributed by atoms with E-state index >= 15 is 0 Å². The molecule has 252 valence electrons. The Balaban J connectivity index is 1.54. The Morgan fingerprint density at radius 1 is 0.957 bits per heavy atom. The first-order valence-corrected chi connectivity index (χ1v) is 17.9. The first-order chi connectivity index (χ1) is 22.2. The number of benzene rings is 2. The molecule has 2 aromatic rings. The van der Waals surface area contributed by atoms with Crippen LogP contribution in [0.5, 0.6) is 0 Å². The summed E-state index contributed by atoms with van der Waals surface area (Å²) in [6.45, 7) is 13.6. The SMILES string of the molecule is CCN1/C(=C/C=C/C=C/C=C/C2=[N+](CCCCCC(C)=O)c3ccc(S(=O)(=O)[O-])cc3C2(C)C)C(C)(C)c2cc(SOO[O-])ccc21. The average Bonchev–Trinajstić information content (AvgIpc) is 3.36. The minimum absolute atomic E-state index is 0.184. The molecule has 11 heteroatoms. The summed E-state index contributed by atoms with van der Waals surface area (Å²) in [5.41, 5.74) is 5.30. The Labute approximate surface area is 282 Å². The maximum atomic E-state index is 11.8. The highest BCUT2D eigenvalue weighted by Gasteiger charge is 2.44. The number of Topliss-reactive ketones (excluding diaryl/α,β-unsaturated/α-hetero) is 1. The quantitative estimate of drug-likeness (QED) is 0.0384. The molecule has 4 rings (SSSR count). The monoisotopic (exact) mass is 679 g/mol. The number of carbonyl (C=O) groups excluding carboxylic acids is 1. The average molecular weight is 680 g/mol. The van der Waals surface area contributed by atoms with Crippen molar-refractivity contribution in [1.29, 1.82) is 0 Å². The molecule has 2 aliphatic heterocycles. The lowest BCUT2D eigenvalue weighted by atomic mass is 9.81. The molecule has 0 saturated heterocycles. The van der Waals surface area contributed by atoms with Crippen molar-refractivity contribution in [2.24, 2.45) is 0 Å². The molecule has 0 aromatic heterocycles. The lowest BCUT2D eigenvalue weighted by molar-refractivity contribution is -0.777. The van der Waals surface area contributed by atoms with Crippen molar-refractivity contribution in [1.82, 2.24) is 0 Å². The summed E-state index contributed by atoms with van der Waals surface area (Å²) in [6.07, 6.45) is 17.2. The summed E-state index contributed by atoms with van der Waals surface area (Å²) < 4.78 is 42.1. The third-order valence-electron chi connectivity index (χ3n) is 8.85. The summed E-state index contributed by atoms with van der Waals surface area (Å²) >= 11 is 0.885. The third kappa shape index (κ3) is 8.22. The fourth-order valence-corrected chi connectivity index (χ4v) is 7.35. The lowest BCUT2D eigenvalue weighted by Crippen LogP contribution is -2.28. The molecule has 0 spiro atoms. The van der Waals surface area contributed by atoms with E-state index < -0.39 is 15.5 Å². The smallest absolute Gasteiger partial charge is 0.209 e. The van der Waals surface area contributed by atoms with Gasteiger partial charge in [-0.3, -0.25) is 5.04 Å². The Kier molecular flexibility index (Phi) is 11.9. The molecule has 0 unspecified atom stereocenters. The molecule has 2 aromatic carbocycles. The van der Waals surface area contributed by atoms with Crippen LogP contribution in [0.15, 0.2) is 94.4 Å². The summed E-state index contributed by atoms with van der Waals surface area (Å²) in [5, 5.41) is 13.8. The van der Waals surface area contributed by atoms with Gasteiger partial charge >= 0.3 is 0 Å². The zero-order valence-corrected chi connectivity index (χ0v) is 29.4. The van der Waals surface area contributed by atoms with Crippen LogP contribution in [0.1, 0.15) is 78.4 Å². The number of hydrogen-bond donors (Lipinski definition) is 0. The number of allylic oxidation sites excluding steroid dienone is 8. The van der Waals surface area contributed by atoms with E-state index in [2.05, 4.69) is 45.7 Å². The highest BCUT2D eigenvalue weighted by Crippen LogP contribution is 2.48. The summed E-state index contributed by atoms with van der Waals surface area (Å²) in [7, 11) is -4.59. The fourth-order valence-electron chi connectivity index (χ4n) is 6.46. The zero-order valence-electron chi connectivity index (χ0n) is 27.8. The molecule has 0 N–H and O–H groups in total. The second-order valence-electron chi connectivity index (χ2n) is 12.8. The second kappa shape index (κ2) is 15.3. The van der Waals surface area contributed by atoms with Gasteiger partial charge in [0.25, 0.3) is 0 Å². The van der Waals surface area contributed by atoms with Crippen molar-refractivity contribution >= 4 is 45.0 Å². The number of nitrogens with zero attached hydrogens (tertiary/aromatic N) is 2. The van der Waals surface area contributed by atoms with E-state index in [9.17, 15) is 23.0 Å². The van der Waals surface area contributed by atoms with E-state index in [1.807, 2.05) is 68.5 Å². The molecule has 2 heterocycles. The van der Waals surface area contributed by atoms with Crippen LogP contribution in [0, 0.1) is 0 Å². The van der Waals surface area contributed by atoms with Gasteiger partial charge < -0.3 is 19.5 Å². The molecular weight excluding hydrogens is 637 g/mol. The predicted octanol–water partition coefficient (Wildman–Crippen LogP) is 6.72. The van der Waals surface area contributed by atoms with Crippen LogP contribution in [0.4, 0.5) is 11.4 Å². The van der Waals surface area contributed by atoms with Crippen LogP contribution in [0.25, 0.3) is 0 Å². The lowest BCUT2D eigenvalue weighted by Gasteiger charge is -2.25. The van der Waals surface area contributed by atoms with Crippen molar-refractivity contribution in [3.05, 3.63) is 95.8 Å². The van der Waals surface area contributed by atoms with Gasteiger partial charge in [-0.1, -0.05) is 44.2 Å². The van der Waals surface area contributed by atoms with Crippen LogP contribution < -0.4 is 10.2 Å². The van der Waals surface area contributed by atoms with Crippen LogP contribution in [-0.4, -0.2) is 42.1 Å². The summed E-state index contributed by atoms with van der Waals surface area (Å²) in [5.74, 6) is 0.184. The molecular formula is C36H43N2O7S2-. The minimum Gasteiger partial charge on any atom is -0.744 e. The Bertz CT molecular complexity index is 1750. The summed E-state index contributed by atoms with van der Waals surface area (Å²) in [6, 6.07) is 10.6. The van der Waals surface area contributed by atoms with E-state index in [1.54, 1.807) is 13.0 Å². The molecule has 0 saturated carbocycles. The zero-order chi connectivity index (χ0) is 34.4. The Morgan fingerprint density at radius 2 is 1.68 bits per heavy atom. The number of unbranched alkanes of at least 4 members (excludes halogenated alkanes) is 2. The van der Waals surface area contributed by atoms with Crippen LogP contribution in [0.3, 0.4) is 0 Å². The van der Waals surface area contributed by atoms with Gasteiger partial charge in [0.15, 0.2) is 5.71 Å². The maximum Gasteiger partial charge on any atom is 0.209 e. The first-order valence-electron chi connectivity index (χ1n) is 15.8. The number of ketones is 1. The molecule has 0 radical (unpaired) electrons. The van der Waals surface area contributed by atoms with E-state index in [-0.39, 0.29) is 16.1 Å². The topological polar surface area (TPSA) is 122 Å². The predicted molar refractivity (Wildman–Crippen MR) is 182 cm³/mol. The third-order valence-corrected chi connectivity index (χ3v) is 10.3. The number of fused-ring (bicyclic) bond motifs is 2. The van der Waals surface area contributed by atoms with Crippen LogP contribution in [-0.2, 0) is 35.1 Å². The summed E-state index contributed by atoms with van der Waals surface area (Å²) in [4.78, 5) is 14.2. The number of rotatable bonds is 15. The molecule has 0 amide bonds. The largest absolute Gasteiger partial charge is 0.744 e. The fraction of sp³-hybridized carbons (Fsp3) is 0.389. The van der Waals surface area contributed by atoms with Gasteiger partial charge in [-0.25, -0.2) is 8.42 Å². The number of hydrogen-bond acceptors (Lipinski definition) is 9. The van der Waals surface area contributed by atoms with E-state index in [1.165, 1.54) is 12.1 Å². The normalized spacial score (nSPS) is 18.0. The highest BCUT2D eigenvalue weighted by atomic mass is 32.2. The number of anilines is 1. The van der Waals surface area contributed by atoms with E-state index in [0.717, 1.165) is 76.7 Å². The molecule has 9 nitrogen and oxygen atoms in total. The van der Waals surface area contributed by atoms with Crippen molar-refractivity contribution in [3.63, 3.8) is 0 Å². The van der Waals surface area contributed by atoms with E-state index in [0.29, 0.717) is 13.0 Å². The van der Waals surface area contributed by atoms with Gasteiger partial charge in [0.2, 0.25) is 5.69 Å². The van der Waals surface area contributed by atoms with Gasteiger partial charge in [-0.2, -0.15) is 8.91 Å². The number of carbonyl (C=O) groups is 1. The number of likely N-dealkylation sites (N-methyl/N-ethyl adjacent to an activating group) is 1. The minimum atomic E-state index is -4.59. The second-order valence-corrected chi connectivity index (χ2v) is 14.9. The maximum absolute atomic E-state index is 11.8. The van der Waals surface area contributed by atoms with Gasteiger partial charge in [0.05, 0.1) is 22.4 Å². The standard InChI is InChI=1S/C36H44N2O7S2/c1-7-37-31-21-19-27(46-45-44-40)24-29(31)35(3,4)33(37)17-13-9-8-10-14-18-34-36(5,6)30-25-28(47(41,42)43)20-22-32(30)38(34)23-15-11-12-16-26(2)39/h8-10,13-14,17-22,24-25H,7,11-12,15-16,23H2,1-6H3,(H-,40,41,42,43)/p-1. The van der Waals surface area contributed by atoms with Gasteiger partial charge in [-0.05, 0) is 82.5 Å². The Hall–Kier alpha value is -3.32. The first kappa shape index (κ1) is 36.5. The van der Waals surface area contributed by atoms with Gasteiger partial charge in [0.1, 0.15) is 22.4 Å². The molecule has 0 aliphatic carbocycles. The van der Waals surface area contributed by atoms with E-state index in [4.69, 9.17) is 0 Å². The van der Waals surface area contributed by atoms with Crippen LogP contribution in [0.2, 0.25) is 0 Å². The van der Waals surface area contributed by atoms with Gasteiger partial charge in [0, 0.05) is 58.8 Å². The molecule has 0 bridgehead atoms. The van der Waals surface area contributed by atoms with Crippen molar-refractivity contribution < 1.29 is 37.0 Å². The molecule has 47 heavy (non-hydrogen) atoms. The van der Waals surface area contributed by atoms with Crippen molar-refractivity contribution in [2.45, 2.75) is 87.8 Å². The van der Waals surface area contributed by atoms with Gasteiger partial charge in [-0.15, -0.1) is 0 Å².